The van der Waals surface area contributed by atoms with E-state index >= 15 is 0 Å². The topological polar surface area (TPSA) is 37.5 Å². The van der Waals surface area contributed by atoms with Crippen LogP contribution in [0, 0.1) is 0 Å². The van der Waals surface area contributed by atoms with E-state index in [4.69, 9.17) is 0 Å². The van der Waals surface area contributed by atoms with Gasteiger partial charge < -0.3 is 5.11 Å². The van der Waals surface area contributed by atoms with Gasteiger partial charge in [0, 0.05) is 17.8 Å². The van der Waals surface area contributed by atoms with Crippen molar-refractivity contribution in [2.24, 2.45) is 0 Å². The molecule has 3 aromatic rings. The second-order valence-corrected chi connectivity index (χ2v) is 3.63. The Morgan fingerprint density at radius 1 is 1.06 bits per heavy atom. The van der Waals surface area contributed by atoms with Crippen LogP contribution in [0.2, 0.25) is 0 Å². The normalized spacial score (nSPS) is 10.8. The Hall–Kier alpha value is -2.29. The van der Waals surface area contributed by atoms with Crippen molar-refractivity contribution >= 4 is 5.52 Å². The molecule has 2 heterocycles. The van der Waals surface area contributed by atoms with E-state index in [2.05, 4.69) is 4.98 Å². The number of aromatic hydroxyl groups is 1. The van der Waals surface area contributed by atoms with Gasteiger partial charge in [-0.3, -0.25) is 4.40 Å². The lowest BCUT2D eigenvalue weighted by Gasteiger charge is -2.01. The van der Waals surface area contributed by atoms with Crippen LogP contribution < -0.4 is 0 Å². The van der Waals surface area contributed by atoms with Crippen molar-refractivity contribution in [2.45, 2.75) is 0 Å². The molecular weight excluding hydrogens is 200 g/mol. The number of benzene rings is 1. The molecule has 1 aromatic carbocycles. The van der Waals surface area contributed by atoms with Crippen LogP contribution in [-0.2, 0) is 0 Å². The summed E-state index contributed by atoms with van der Waals surface area (Å²) in [5, 5.41) is 9.37. The van der Waals surface area contributed by atoms with Crippen molar-refractivity contribution in [3.63, 3.8) is 0 Å². The number of hydrogen-bond donors (Lipinski definition) is 1. The maximum absolute atomic E-state index is 9.37. The molecule has 0 aliphatic heterocycles. The van der Waals surface area contributed by atoms with Crippen LogP contribution in [-0.4, -0.2) is 14.5 Å². The second-order valence-electron chi connectivity index (χ2n) is 3.63. The average Bonchev–Trinajstić information content (AvgIpc) is 2.73. The van der Waals surface area contributed by atoms with Crippen LogP contribution in [0.3, 0.4) is 0 Å². The van der Waals surface area contributed by atoms with E-state index in [0.717, 1.165) is 16.9 Å². The zero-order valence-corrected chi connectivity index (χ0v) is 8.54. The molecule has 0 bridgehead atoms. The number of aromatic nitrogens is 2. The Balaban J connectivity index is 2.26. The summed E-state index contributed by atoms with van der Waals surface area (Å²) in [7, 11) is 0. The standard InChI is InChI=1S/C13H10N2O/c16-12-6-7-15-11(8-12)9-14-13(15)10-4-2-1-3-5-10/h1-9,16H. The third kappa shape index (κ3) is 1.34. The zero-order valence-electron chi connectivity index (χ0n) is 8.54. The highest BCUT2D eigenvalue weighted by molar-refractivity contribution is 5.63. The largest absolute Gasteiger partial charge is 0.508 e. The van der Waals surface area contributed by atoms with Crippen molar-refractivity contribution in [2.75, 3.05) is 0 Å². The lowest BCUT2D eigenvalue weighted by molar-refractivity contribution is 0.475. The third-order valence-electron chi connectivity index (χ3n) is 2.55. The summed E-state index contributed by atoms with van der Waals surface area (Å²) in [6, 6.07) is 13.3. The SMILES string of the molecule is Oc1ccn2c(-c3ccccc3)ncc2c1. The summed E-state index contributed by atoms with van der Waals surface area (Å²) in [6.07, 6.45) is 3.57. The second kappa shape index (κ2) is 3.38. The minimum absolute atomic E-state index is 0.256. The average molecular weight is 210 g/mol. The van der Waals surface area contributed by atoms with Crippen LogP contribution in [0.15, 0.2) is 54.9 Å². The smallest absolute Gasteiger partial charge is 0.144 e. The molecule has 16 heavy (non-hydrogen) atoms. The molecule has 0 radical (unpaired) electrons. The Bertz CT molecular complexity index is 629. The van der Waals surface area contributed by atoms with Gasteiger partial charge in [-0.1, -0.05) is 30.3 Å². The van der Waals surface area contributed by atoms with Gasteiger partial charge in [0.25, 0.3) is 0 Å². The van der Waals surface area contributed by atoms with Crippen molar-refractivity contribution in [1.29, 1.82) is 0 Å². The first-order valence-electron chi connectivity index (χ1n) is 5.06. The maximum atomic E-state index is 9.37. The van der Waals surface area contributed by atoms with Gasteiger partial charge >= 0.3 is 0 Å². The van der Waals surface area contributed by atoms with E-state index in [-0.39, 0.29) is 5.75 Å². The number of nitrogens with zero attached hydrogens (tertiary/aromatic N) is 2. The van der Waals surface area contributed by atoms with Gasteiger partial charge in [-0.05, 0) is 6.07 Å². The molecule has 0 amide bonds. The first-order chi connectivity index (χ1) is 7.84. The first-order valence-corrected chi connectivity index (χ1v) is 5.06. The predicted octanol–water partition coefficient (Wildman–Crippen LogP) is 2.71. The molecule has 2 aromatic heterocycles. The molecule has 0 saturated carbocycles. The summed E-state index contributed by atoms with van der Waals surface area (Å²) in [4.78, 5) is 4.36. The van der Waals surface area contributed by atoms with E-state index in [1.165, 1.54) is 0 Å². The molecule has 3 rings (SSSR count). The number of pyridine rings is 1. The molecule has 0 aliphatic rings. The van der Waals surface area contributed by atoms with E-state index in [1.807, 2.05) is 40.9 Å². The van der Waals surface area contributed by atoms with Gasteiger partial charge in [0.05, 0.1) is 11.7 Å². The van der Waals surface area contributed by atoms with Gasteiger partial charge in [-0.25, -0.2) is 4.98 Å². The molecule has 3 nitrogen and oxygen atoms in total. The summed E-state index contributed by atoms with van der Waals surface area (Å²) in [6.45, 7) is 0. The highest BCUT2D eigenvalue weighted by Gasteiger charge is 2.05. The predicted molar refractivity (Wildman–Crippen MR) is 62.3 cm³/mol. The fourth-order valence-corrected chi connectivity index (χ4v) is 1.79. The van der Waals surface area contributed by atoms with E-state index in [1.54, 1.807) is 18.3 Å². The summed E-state index contributed by atoms with van der Waals surface area (Å²) in [5.74, 6) is 1.14. The molecule has 78 valence electrons. The zero-order chi connectivity index (χ0) is 11.0. The lowest BCUT2D eigenvalue weighted by atomic mass is 10.2. The molecule has 0 unspecified atom stereocenters. The van der Waals surface area contributed by atoms with Crippen LogP contribution in [0.4, 0.5) is 0 Å². The van der Waals surface area contributed by atoms with E-state index in [9.17, 15) is 5.11 Å². The number of imidazole rings is 1. The Morgan fingerprint density at radius 3 is 2.69 bits per heavy atom. The molecule has 0 atom stereocenters. The fraction of sp³-hybridized carbons (Fsp3) is 0. The van der Waals surface area contributed by atoms with Crippen molar-refractivity contribution in [1.82, 2.24) is 9.38 Å². The van der Waals surface area contributed by atoms with Gasteiger partial charge in [0.1, 0.15) is 11.6 Å². The molecule has 0 spiro atoms. The van der Waals surface area contributed by atoms with Crippen LogP contribution in [0.5, 0.6) is 5.75 Å². The minimum Gasteiger partial charge on any atom is -0.508 e. The quantitative estimate of drug-likeness (QED) is 0.670. The van der Waals surface area contributed by atoms with Crippen LogP contribution in [0.1, 0.15) is 0 Å². The van der Waals surface area contributed by atoms with Gasteiger partial charge in [0.2, 0.25) is 0 Å². The summed E-state index contributed by atoms with van der Waals surface area (Å²) < 4.78 is 1.95. The molecule has 1 N–H and O–H groups in total. The van der Waals surface area contributed by atoms with Gasteiger partial charge in [-0.2, -0.15) is 0 Å². The number of rotatable bonds is 1. The van der Waals surface area contributed by atoms with Crippen LogP contribution in [0.25, 0.3) is 16.9 Å². The fourth-order valence-electron chi connectivity index (χ4n) is 1.79. The van der Waals surface area contributed by atoms with Gasteiger partial charge in [0.15, 0.2) is 0 Å². The minimum atomic E-state index is 0.256. The number of hydrogen-bond acceptors (Lipinski definition) is 2. The molecule has 0 saturated heterocycles. The Kier molecular flexibility index (Phi) is 1.90. The number of fused-ring (bicyclic) bond motifs is 1. The molecular formula is C13H10N2O. The van der Waals surface area contributed by atoms with Crippen molar-refractivity contribution < 1.29 is 5.11 Å². The van der Waals surface area contributed by atoms with Crippen LogP contribution >= 0.6 is 0 Å². The third-order valence-corrected chi connectivity index (χ3v) is 2.55. The van der Waals surface area contributed by atoms with Gasteiger partial charge in [-0.15, -0.1) is 0 Å². The molecule has 0 fully saturated rings. The van der Waals surface area contributed by atoms with Crippen molar-refractivity contribution in [3.05, 3.63) is 54.9 Å². The van der Waals surface area contributed by atoms with E-state index < -0.39 is 0 Å². The lowest BCUT2D eigenvalue weighted by Crippen LogP contribution is -1.87. The summed E-state index contributed by atoms with van der Waals surface area (Å²) in [5.41, 5.74) is 1.95. The molecule has 3 heteroatoms. The first kappa shape index (κ1) is 8.97. The Morgan fingerprint density at radius 2 is 1.88 bits per heavy atom. The van der Waals surface area contributed by atoms with Crippen molar-refractivity contribution in [3.8, 4) is 17.1 Å². The van der Waals surface area contributed by atoms with E-state index in [0.29, 0.717) is 0 Å². The highest BCUT2D eigenvalue weighted by Crippen LogP contribution is 2.21. The highest BCUT2D eigenvalue weighted by atomic mass is 16.3. The maximum Gasteiger partial charge on any atom is 0.144 e. The molecule has 0 aliphatic carbocycles. The Labute approximate surface area is 92.6 Å². The summed E-state index contributed by atoms with van der Waals surface area (Å²) >= 11 is 0. The monoisotopic (exact) mass is 210 g/mol.